The Morgan fingerprint density at radius 1 is 1.00 bits per heavy atom. The van der Waals surface area contributed by atoms with Gasteiger partial charge in [-0.25, -0.2) is 0 Å². The number of rotatable bonds is 1. The van der Waals surface area contributed by atoms with Crippen LogP contribution < -0.4 is 0 Å². The second-order valence-corrected chi connectivity index (χ2v) is 7.65. The van der Waals surface area contributed by atoms with E-state index in [1.807, 2.05) is 0 Å². The summed E-state index contributed by atoms with van der Waals surface area (Å²) < 4.78 is 0. The molecule has 0 heteroatoms. The largest absolute Gasteiger partial charge is 0.0853 e. The van der Waals surface area contributed by atoms with Crippen molar-refractivity contribution < 1.29 is 0 Å². The van der Waals surface area contributed by atoms with Gasteiger partial charge in [0, 0.05) is 0 Å². The number of hydrogen-bond donors (Lipinski definition) is 0. The normalized spacial score (nSPS) is 37.3. The summed E-state index contributed by atoms with van der Waals surface area (Å²) in [4.78, 5) is 0. The van der Waals surface area contributed by atoms with Gasteiger partial charge in [0.25, 0.3) is 0 Å². The van der Waals surface area contributed by atoms with Gasteiger partial charge in [0.2, 0.25) is 0 Å². The molecule has 0 aliphatic heterocycles. The Labute approximate surface area is 126 Å². The van der Waals surface area contributed by atoms with Crippen molar-refractivity contribution in [1.29, 1.82) is 0 Å². The molecule has 20 heavy (non-hydrogen) atoms. The van der Waals surface area contributed by atoms with Crippen LogP contribution >= 0.6 is 0 Å². The van der Waals surface area contributed by atoms with Gasteiger partial charge in [-0.1, -0.05) is 55.7 Å². The van der Waals surface area contributed by atoms with E-state index in [1.165, 1.54) is 38.5 Å². The molecule has 0 aromatic carbocycles. The lowest BCUT2D eigenvalue weighted by Gasteiger charge is -2.34. The fourth-order valence-electron chi connectivity index (χ4n) is 3.95. The first-order valence-electron chi connectivity index (χ1n) is 8.43. The average molecular weight is 272 g/mol. The number of fused-ring (bicyclic) bond motifs is 1. The van der Waals surface area contributed by atoms with E-state index in [0.717, 1.165) is 5.92 Å². The Morgan fingerprint density at radius 3 is 2.35 bits per heavy atom. The molecule has 0 amide bonds. The molecular weight excluding hydrogens is 240 g/mol. The van der Waals surface area contributed by atoms with Crippen LogP contribution in [0.15, 0.2) is 34.9 Å². The average Bonchev–Trinajstić information content (AvgIpc) is 2.70. The van der Waals surface area contributed by atoms with Gasteiger partial charge in [-0.2, -0.15) is 0 Å². The molecule has 0 aromatic heterocycles. The second-order valence-electron chi connectivity index (χ2n) is 7.65. The molecule has 0 saturated carbocycles. The maximum atomic E-state index is 2.56. The van der Waals surface area contributed by atoms with Gasteiger partial charge >= 0.3 is 0 Å². The van der Waals surface area contributed by atoms with E-state index < -0.39 is 0 Å². The van der Waals surface area contributed by atoms with Gasteiger partial charge in [0.15, 0.2) is 0 Å². The zero-order valence-electron chi connectivity index (χ0n) is 14.1. The highest BCUT2D eigenvalue weighted by molar-refractivity contribution is 5.23. The van der Waals surface area contributed by atoms with E-state index in [4.69, 9.17) is 0 Å². The van der Waals surface area contributed by atoms with Crippen molar-refractivity contribution in [2.24, 2.45) is 17.3 Å². The van der Waals surface area contributed by atoms with E-state index in [0.29, 0.717) is 11.3 Å². The third-order valence-electron chi connectivity index (χ3n) is 5.49. The van der Waals surface area contributed by atoms with E-state index in [-0.39, 0.29) is 0 Å². The molecule has 0 saturated heterocycles. The minimum atomic E-state index is 0.464. The summed E-state index contributed by atoms with van der Waals surface area (Å²) in [6.45, 7) is 11.9. The Balaban J connectivity index is 2.26. The van der Waals surface area contributed by atoms with E-state index in [2.05, 4.69) is 52.8 Å². The highest BCUT2D eigenvalue weighted by Crippen LogP contribution is 2.50. The van der Waals surface area contributed by atoms with Crippen molar-refractivity contribution in [2.45, 2.75) is 73.1 Å². The minimum Gasteiger partial charge on any atom is -0.0853 e. The van der Waals surface area contributed by atoms with Crippen molar-refractivity contribution in [2.75, 3.05) is 0 Å². The van der Waals surface area contributed by atoms with Crippen LogP contribution in [0.2, 0.25) is 0 Å². The SMILES string of the molecule is C/C1=C/C[C@]2(C)CC=C(C(C)C)[C@H]2CC/C(C)=C/CC1. The highest BCUT2D eigenvalue weighted by atomic mass is 14.4. The first kappa shape index (κ1) is 15.6. The summed E-state index contributed by atoms with van der Waals surface area (Å²) in [5.74, 6) is 1.49. The van der Waals surface area contributed by atoms with Crippen LogP contribution in [-0.4, -0.2) is 0 Å². The Morgan fingerprint density at radius 2 is 1.65 bits per heavy atom. The molecule has 112 valence electrons. The molecule has 2 rings (SSSR count). The molecule has 0 bridgehead atoms. The van der Waals surface area contributed by atoms with Crippen LogP contribution in [0.25, 0.3) is 0 Å². The third-order valence-corrected chi connectivity index (χ3v) is 5.49. The van der Waals surface area contributed by atoms with Gasteiger partial charge in [-0.3, -0.25) is 0 Å². The fraction of sp³-hybridized carbons (Fsp3) is 0.700. The van der Waals surface area contributed by atoms with Gasteiger partial charge in [-0.15, -0.1) is 0 Å². The Bertz CT molecular complexity index is 433. The van der Waals surface area contributed by atoms with Crippen LogP contribution in [0.3, 0.4) is 0 Å². The molecule has 2 aliphatic carbocycles. The first-order chi connectivity index (χ1) is 9.42. The lowest BCUT2D eigenvalue weighted by molar-refractivity contribution is 0.225. The predicted molar refractivity (Wildman–Crippen MR) is 89.7 cm³/mol. The summed E-state index contributed by atoms with van der Waals surface area (Å²) in [6, 6.07) is 0. The van der Waals surface area contributed by atoms with Crippen LogP contribution in [-0.2, 0) is 0 Å². The van der Waals surface area contributed by atoms with E-state index in [9.17, 15) is 0 Å². The van der Waals surface area contributed by atoms with Crippen molar-refractivity contribution in [3.05, 3.63) is 34.9 Å². The molecule has 2 atom stereocenters. The smallest absolute Gasteiger partial charge is 0.0138 e. The first-order valence-corrected chi connectivity index (χ1v) is 8.43. The van der Waals surface area contributed by atoms with Crippen LogP contribution in [0.5, 0.6) is 0 Å². The lowest BCUT2D eigenvalue weighted by atomic mass is 9.70. The molecule has 2 aliphatic rings. The zero-order valence-corrected chi connectivity index (χ0v) is 14.1. The Hall–Kier alpha value is -0.780. The van der Waals surface area contributed by atoms with Crippen molar-refractivity contribution >= 4 is 0 Å². The zero-order chi connectivity index (χ0) is 14.8. The summed E-state index contributed by atoms with van der Waals surface area (Å²) in [6.07, 6.45) is 15.2. The monoisotopic (exact) mass is 272 g/mol. The van der Waals surface area contributed by atoms with Crippen LogP contribution in [0.4, 0.5) is 0 Å². The van der Waals surface area contributed by atoms with Gasteiger partial charge in [0.1, 0.15) is 0 Å². The van der Waals surface area contributed by atoms with Crippen LogP contribution in [0.1, 0.15) is 73.1 Å². The molecule has 0 spiro atoms. The molecular formula is C20H32. The molecule has 0 heterocycles. The number of allylic oxidation sites excluding steroid dienone is 6. The standard InChI is InChI=1S/C20H32/c1-15(2)18-12-14-20(5)13-11-17(4)8-6-7-16(3)9-10-19(18)20/h7,11-12,15,19H,6,8-10,13-14H2,1-5H3/b16-7+,17-11-/t19-,20-/m1/s1. The molecule has 0 fully saturated rings. The molecule has 0 aromatic rings. The summed E-state index contributed by atoms with van der Waals surface area (Å²) >= 11 is 0. The lowest BCUT2D eigenvalue weighted by Crippen LogP contribution is -2.25. The molecule has 0 unspecified atom stereocenters. The molecule has 0 radical (unpaired) electrons. The quantitative estimate of drug-likeness (QED) is 0.481. The maximum absolute atomic E-state index is 2.56. The molecule has 0 N–H and O–H groups in total. The summed E-state index contributed by atoms with van der Waals surface area (Å²) in [5, 5.41) is 0. The van der Waals surface area contributed by atoms with Crippen LogP contribution in [0, 0.1) is 17.3 Å². The van der Waals surface area contributed by atoms with Gasteiger partial charge < -0.3 is 0 Å². The van der Waals surface area contributed by atoms with Crippen molar-refractivity contribution in [3.63, 3.8) is 0 Å². The van der Waals surface area contributed by atoms with Crippen molar-refractivity contribution in [3.8, 4) is 0 Å². The predicted octanol–water partition coefficient (Wildman–Crippen LogP) is 6.45. The second kappa shape index (κ2) is 6.33. The topological polar surface area (TPSA) is 0 Å². The van der Waals surface area contributed by atoms with Gasteiger partial charge in [0.05, 0.1) is 0 Å². The van der Waals surface area contributed by atoms with E-state index in [1.54, 1.807) is 16.7 Å². The van der Waals surface area contributed by atoms with Gasteiger partial charge in [-0.05, 0) is 69.6 Å². The third kappa shape index (κ3) is 3.45. The maximum Gasteiger partial charge on any atom is -0.0138 e. The fourth-order valence-corrected chi connectivity index (χ4v) is 3.95. The Kier molecular flexibility index (Phi) is 4.94. The number of hydrogen-bond acceptors (Lipinski definition) is 0. The molecule has 0 nitrogen and oxygen atoms in total. The summed E-state index contributed by atoms with van der Waals surface area (Å²) in [5.41, 5.74) is 5.36. The van der Waals surface area contributed by atoms with E-state index >= 15 is 0 Å². The van der Waals surface area contributed by atoms with Crippen molar-refractivity contribution in [1.82, 2.24) is 0 Å². The minimum absolute atomic E-state index is 0.464. The summed E-state index contributed by atoms with van der Waals surface area (Å²) in [7, 11) is 0. The highest BCUT2D eigenvalue weighted by Gasteiger charge is 2.39.